The molecule has 162 valence electrons. The van der Waals surface area contributed by atoms with Gasteiger partial charge in [0.25, 0.3) is 5.91 Å². The predicted octanol–water partition coefficient (Wildman–Crippen LogP) is 2.39. The zero-order valence-electron chi connectivity index (χ0n) is 17.1. The Labute approximate surface area is 178 Å². The van der Waals surface area contributed by atoms with Gasteiger partial charge in [0.1, 0.15) is 17.1 Å². The summed E-state index contributed by atoms with van der Waals surface area (Å²) in [6, 6.07) is -0.0596. The SMILES string of the molecule is CC(C)(C)OC(=O)N1C2CCC1CN(c1nc(Cl)nc3c1CCN(C(=O)O)C3=O)C2. The van der Waals surface area contributed by atoms with Crippen molar-refractivity contribution in [1.29, 1.82) is 0 Å². The fraction of sp³-hybridized carbons (Fsp3) is 0.632. The summed E-state index contributed by atoms with van der Waals surface area (Å²) in [5.74, 6) is -0.145. The summed E-state index contributed by atoms with van der Waals surface area (Å²) in [5.41, 5.74) is 0.0658. The van der Waals surface area contributed by atoms with Crippen LogP contribution in [0.1, 0.15) is 49.7 Å². The molecule has 0 aromatic carbocycles. The molecule has 30 heavy (non-hydrogen) atoms. The van der Waals surface area contributed by atoms with E-state index in [4.69, 9.17) is 16.3 Å². The number of piperazine rings is 1. The average Bonchev–Trinajstić information content (AvgIpc) is 2.90. The lowest BCUT2D eigenvalue weighted by atomic mass is 10.0. The van der Waals surface area contributed by atoms with Gasteiger partial charge in [-0.2, -0.15) is 0 Å². The molecule has 0 saturated carbocycles. The van der Waals surface area contributed by atoms with Gasteiger partial charge in [-0.25, -0.2) is 24.5 Å². The number of rotatable bonds is 1. The van der Waals surface area contributed by atoms with E-state index in [2.05, 4.69) is 9.97 Å². The Morgan fingerprint density at radius 3 is 2.37 bits per heavy atom. The number of halogens is 1. The minimum atomic E-state index is -1.31. The number of carboxylic acid groups (broad SMARTS) is 1. The summed E-state index contributed by atoms with van der Waals surface area (Å²) in [5, 5.41) is 9.12. The Bertz CT molecular complexity index is 903. The third kappa shape index (κ3) is 3.64. The van der Waals surface area contributed by atoms with E-state index in [1.807, 2.05) is 30.6 Å². The van der Waals surface area contributed by atoms with E-state index in [1.165, 1.54) is 0 Å². The van der Waals surface area contributed by atoms with E-state index in [-0.39, 0.29) is 35.7 Å². The van der Waals surface area contributed by atoms with Crippen LogP contribution < -0.4 is 4.90 Å². The molecule has 0 aliphatic carbocycles. The molecular formula is C19H24ClN5O5. The highest BCUT2D eigenvalue weighted by Crippen LogP contribution is 2.36. The Morgan fingerprint density at radius 1 is 1.17 bits per heavy atom. The van der Waals surface area contributed by atoms with Gasteiger partial charge in [0.2, 0.25) is 5.28 Å². The normalized spacial score (nSPS) is 23.5. The molecule has 2 saturated heterocycles. The predicted molar refractivity (Wildman–Crippen MR) is 107 cm³/mol. The Balaban J connectivity index is 1.60. The zero-order chi connectivity index (χ0) is 21.8. The molecule has 1 N–H and O–H groups in total. The van der Waals surface area contributed by atoms with Crippen molar-refractivity contribution in [1.82, 2.24) is 19.8 Å². The number of fused-ring (bicyclic) bond motifs is 3. The molecule has 3 aliphatic rings. The Kier molecular flexibility index (Phi) is 5.00. The van der Waals surface area contributed by atoms with Crippen LogP contribution >= 0.6 is 11.6 Å². The molecular weight excluding hydrogens is 414 g/mol. The van der Waals surface area contributed by atoms with Crippen molar-refractivity contribution in [3.05, 3.63) is 16.5 Å². The maximum atomic E-state index is 12.7. The van der Waals surface area contributed by atoms with Gasteiger partial charge in [0.15, 0.2) is 0 Å². The van der Waals surface area contributed by atoms with Gasteiger partial charge < -0.3 is 14.7 Å². The van der Waals surface area contributed by atoms with E-state index in [1.54, 1.807) is 0 Å². The third-order valence-electron chi connectivity index (χ3n) is 5.61. The molecule has 2 atom stereocenters. The number of carbonyl (C=O) groups excluding carboxylic acids is 2. The minimum absolute atomic E-state index is 0.0283. The fourth-order valence-corrected chi connectivity index (χ4v) is 4.60. The number of nitrogens with zero attached hydrogens (tertiary/aromatic N) is 5. The first kappa shape index (κ1) is 20.6. The Hall–Kier alpha value is -2.62. The van der Waals surface area contributed by atoms with Crippen LogP contribution in [0.25, 0.3) is 0 Å². The van der Waals surface area contributed by atoms with Gasteiger partial charge in [0.05, 0.1) is 12.1 Å². The van der Waals surface area contributed by atoms with E-state index < -0.39 is 17.6 Å². The topological polar surface area (TPSA) is 116 Å². The lowest BCUT2D eigenvalue weighted by Gasteiger charge is -2.42. The van der Waals surface area contributed by atoms with Crippen LogP contribution in [0.3, 0.4) is 0 Å². The van der Waals surface area contributed by atoms with Gasteiger partial charge in [0, 0.05) is 25.2 Å². The summed E-state index contributed by atoms with van der Waals surface area (Å²) in [6.07, 6.45) is 0.400. The average molecular weight is 438 g/mol. The maximum absolute atomic E-state index is 12.7. The third-order valence-corrected chi connectivity index (χ3v) is 5.78. The molecule has 2 bridgehead atoms. The number of carbonyl (C=O) groups is 3. The highest BCUT2D eigenvalue weighted by molar-refractivity contribution is 6.28. The first-order valence-corrected chi connectivity index (χ1v) is 10.3. The monoisotopic (exact) mass is 437 g/mol. The Morgan fingerprint density at radius 2 is 1.80 bits per heavy atom. The first-order chi connectivity index (χ1) is 14.0. The molecule has 0 radical (unpaired) electrons. The van der Waals surface area contributed by atoms with Crippen molar-refractivity contribution in [2.75, 3.05) is 24.5 Å². The largest absolute Gasteiger partial charge is 0.465 e. The molecule has 11 heteroatoms. The molecule has 1 aromatic heterocycles. The van der Waals surface area contributed by atoms with Crippen molar-refractivity contribution in [3.8, 4) is 0 Å². The highest BCUT2D eigenvalue weighted by Gasteiger charge is 2.45. The summed E-state index contributed by atoms with van der Waals surface area (Å²) in [6.45, 7) is 6.64. The van der Waals surface area contributed by atoms with Gasteiger partial charge in [-0.1, -0.05) is 0 Å². The maximum Gasteiger partial charge on any atom is 0.414 e. The van der Waals surface area contributed by atoms with Crippen LogP contribution in [0, 0.1) is 0 Å². The van der Waals surface area contributed by atoms with Gasteiger partial charge in [-0.3, -0.25) is 9.69 Å². The second-order valence-electron chi connectivity index (χ2n) is 8.81. The zero-order valence-corrected chi connectivity index (χ0v) is 17.8. The molecule has 0 spiro atoms. The number of aromatic nitrogens is 2. The van der Waals surface area contributed by atoms with Gasteiger partial charge in [-0.15, -0.1) is 0 Å². The molecule has 2 fully saturated rings. The second-order valence-corrected chi connectivity index (χ2v) is 9.15. The van der Waals surface area contributed by atoms with Crippen LogP contribution in [0.15, 0.2) is 0 Å². The molecule has 4 heterocycles. The van der Waals surface area contributed by atoms with Gasteiger partial charge in [-0.05, 0) is 51.6 Å². The number of amides is 3. The number of ether oxygens (including phenoxy) is 1. The van der Waals surface area contributed by atoms with E-state index in [9.17, 15) is 19.5 Å². The number of hydrogen-bond donors (Lipinski definition) is 1. The van der Waals surface area contributed by atoms with Crippen molar-refractivity contribution in [2.24, 2.45) is 0 Å². The number of anilines is 1. The quantitative estimate of drug-likeness (QED) is 0.665. The van der Waals surface area contributed by atoms with Crippen LogP contribution in [0.4, 0.5) is 15.4 Å². The molecule has 4 rings (SSSR count). The lowest BCUT2D eigenvalue weighted by Crippen LogP contribution is -2.57. The van der Waals surface area contributed by atoms with Crippen molar-refractivity contribution >= 4 is 35.5 Å². The minimum Gasteiger partial charge on any atom is -0.465 e. The van der Waals surface area contributed by atoms with Gasteiger partial charge >= 0.3 is 12.2 Å². The summed E-state index contributed by atoms with van der Waals surface area (Å²) in [7, 11) is 0. The summed E-state index contributed by atoms with van der Waals surface area (Å²) < 4.78 is 5.57. The smallest absolute Gasteiger partial charge is 0.414 e. The summed E-state index contributed by atoms with van der Waals surface area (Å²) in [4.78, 5) is 49.5. The molecule has 10 nitrogen and oxygen atoms in total. The standard InChI is InChI=1S/C19H24ClN5O5/c1-19(2,3)30-18(29)25-10-4-5-11(25)9-23(8-10)14-12-6-7-24(17(27)28)15(26)13(12)21-16(20)22-14/h10-11H,4-9H2,1-3H3,(H,27,28). The second kappa shape index (κ2) is 7.26. The van der Waals surface area contributed by atoms with Crippen LogP contribution in [-0.2, 0) is 11.2 Å². The van der Waals surface area contributed by atoms with Crippen molar-refractivity contribution in [3.63, 3.8) is 0 Å². The van der Waals surface area contributed by atoms with Crippen LogP contribution in [-0.4, -0.2) is 80.3 Å². The van der Waals surface area contributed by atoms with Crippen LogP contribution in [0.2, 0.25) is 5.28 Å². The molecule has 2 unspecified atom stereocenters. The van der Waals surface area contributed by atoms with Crippen molar-refractivity contribution < 1.29 is 24.2 Å². The molecule has 3 aliphatic heterocycles. The highest BCUT2D eigenvalue weighted by atomic mass is 35.5. The van der Waals surface area contributed by atoms with E-state index in [0.717, 1.165) is 17.7 Å². The van der Waals surface area contributed by atoms with Crippen molar-refractivity contribution in [2.45, 2.75) is 57.7 Å². The lowest BCUT2D eigenvalue weighted by molar-refractivity contribution is 0.0122. The molecule has 3 amide bonds. The first-order valence-electron chi connectivity index (χ1n) is 9.92. The van der Waals surface area contributed by atoms with Crippen LogP contribution in [0.5, 0.6) is 0 Å². The summed E-state index contributed by atoms with van der Waals surface area (Å²) >= 11 is 6.08. The van der Waals surface area contributed by atoms with E-state index >= 15 is 0 Å². The number of imide groups is 1. The van der Waals surface area contributed by atoms with E-state index in [0.29, 0.717) is 30.9 Å². The number of hydrogen-bond acceptors (Lipinski definition) is 7. The molecule has 1 aromatic rings. The fourth-order valence-electron chi connectivity index (χ4n) is 4.44.